The number of halogens is 1. The van der Waals surface area contributed by atoms with Gasteiger partial charge in [-0.15, -0.1) is 0 Å². The zero-order chi connectivity index (χ0) is 20.9. The number of benzene rings is 3. The molecule has 4 aromatic rings. The van der Waals surface area contributed by atoms with Crippen LogP contribution in [0, 0.1) is 0 Å². The highest BCUT2D eigenvalue weighted by molar-refractivity contribution is 6.30. The van der Waals surface area contributed by atoms with Gasteiger partial charge in [0.25, 0.3) is 0 Å². The van der Waals surface area contributed by atoms with Crippen molar-refractivity contribution < 1.29 is 9.59 Å². The van der Waals surface area contributed by atoms with Gasteiger partial charge in [0, 0.05) is 27.7 Å². The number of hydrazine groups is 1. The zero-order valence-electron chi connectivity index (χ0n) is 16.1. The fraction of sp³-hybridized carbons (Fsp3) is 0.0833. The minimum Gasteiger partial charge on any atom is -0.360 e. The molecule has 0 aliphatic carbocycles. The molecule has 1 amide bonds. The van der Waals surface area contributed by atoms with Gasteiger partial charge in [0.05, 0.1) is 6.42 Å². The van der Waals surface area contributed by atoms with Crippen LogP contribution in [0.4, 0.5) is 0 Å². The maximum atomic E-state index is 13.4. The number of Topliss-reactive ketones (excluding diaryl/α,β-unsaturated/α-hetero) is 1. The molecule has 0 aliphatic rings. The molecule has 0 aliphatic heterocycles. The van der Waals surface area contributed by atoms with Crippen LogP contribution in [-0.2, 0) is 11.2 Å². The fourth-order valence-corrected chi connectivity index (χ4v) is 3.49. The van der Waals surface area contributed by atoms with Crippen molar-refractivity contribution >= 4 is 34.2 Å². The Hall–Kier alpha value is -3.41. The number of carbonyl (C=O) groups is 2. The normalized spacial score (nSPS) is 11.9. The molecule has 6 heteroatoms. The molecule has 150 valence electrons. The largest absolute Gasteiger partial charge is 0.360 e. The summed E-state index contributed by atoms with van der Waals surface area (Å²) >= 11 is 5.89. The van der Waals surface area contributed by atoms with E-state index in [4.69, 9.17) is 11.6 Å². The van der Waals surface area contributed by atoms with Crippen LogP contribution < -0.4 is 10.9 Å². The van der Waals surface area contributed by atoms with Crippen molar-refractivity contribution in [3.63, 3.8) is 0 Å². The Kier molecular flexibility index (Phi) is 5.93. The standard InChI is InChI=1S/C24H20ClN3O2/c25-18-12-10-16(11-13-18)14-22(29)27-28-23(17-6-2-1-3-7-17)24(30)20-15-26-21-9-5-4-8-19(20)21/h1-13,15,23,26,28H,14H2,(H,27,29). The number of aromatic nitrogens is 1. The molecule has 1 atom stereocenters. The third kappa shape index (κ3) is 4.43. The van der Waals surface area contributed by atoms with Crippen molar-refractivity contribution in [3.8, 4) is 0 Å². The van der Waals surface area contributed by atoms with Crippen molar-refractivity contribution in [1.29, 1.82) is 0 Å². The first-order valence-electron chi connectivity index (χ1n) is 9.56. The zero-order valence-corrected chi connectivity index (χ0v) is 16.8. The van der Waals surface area contributed by atoms with Crippen molar-refractivity contribution in [2.75, 3.05) is 0 Å². The van der Waals surface area contributed by atoms with E-state index < -0.39 is 6.04 Å². The molecule has 1 heterocycles. The maximum absolute atomic E-state index is 13.4. The summed E-state index contributed by atoms with van der Waals surface area (Å²) in [5.74, 6) is -0.379. The first kappa shape index (κ1) is 19.9. The molecule has 1 aromatic heterocycles. The molecule has 0 radical (unpaired) electrons. The highest BCUT2D eigenvalue weighted by Gasteiger charge is 2.24. The molecule has 1 unspecified atom stereocenters. The summed E-state index contributed by atoms with van der Waals surface area (Å²) in [6.45, 7) is 0. The Morgan fingerprint density at radius 1 is 0.900 bits per heavy atom. The Morgan fingerprint density at radius 2 is 1.60 bits per heavy atom. The summed E-state index contributed by atoms with van der Waals surface area (Å²) in [7, 11) is 0. The van der Waals surface area contributed by atoms with Gasteiger partial charge in [0.1, 0.15) is 6.04 Å². The van der Waals surface area contributed by atoms with E-state index >= 15 is 0 Å². The summed E-state index contributed by atoms with van der Waals surface area (Å²) in [5.41, 5.74) is 8.67. The van der Waals surface area contributed by atoms with Gasteiger partial charge in [0.2, 0.25) is 5.91 Å². The monoisotopic (exact) mass is 417 g/mol. The number of amides is 1. The first-order chi connectivity index (χ1) is 14.6. The van der Waals surface area contributed by atoms with Gasteiger partial charge in [-0.2, -0.15) is 0 Å². The molecule has 4 rings (SSSR count). The second kappa shape index (κ2) is 8.95. The molecule has 0 fully saturated rings. The Labute approximate surface area is 179 Å². The van der Waals surface area contributed by atoms with E-state index in [9.17, 15) is 9.59 Å². The average molecular weight is 418 g/mol. The van der Waals surface area contributed by atoms with E-state index in [0.29, 0.717) is 10.6 Å². The maximum Gasteiger partial charge on any atom is 0.238 e. The summed E-state index contributed by atoms with van der Waals surface area (Å²) in [6.07, 6.45) is 1.88. The number of nitrogens with one attached hydrogen (secondary N) is 3. The number of aromatic amines is 1. The van der Waals surface area contributed by atoms with E-state index in [1.807, 2.05) is 54.6 Å². The number of H-pyrrole nitrogens is 1. The summed E-state index contributed by atoms with van der Waals surface area (Å²) in [5, 5.41) is 1.46. The predicted octanol–water partition coefficient (Wildman–Crippen LogP) is 4.61. The van der Waals surface area contributed by atoms with Crippen LogP contribution in [0.1, 0.15) is 27.5 Å². The topological polar surface area (TPSA) is 74.0 Å². The van der Waals surface area contributed by atoms with E-state index in [1.165, 1.54) is 0 Å². The van der Waals surface area contributed by atoms with Gasteiger partial charge in [0.15, 0.2) is 5.78 Å². The lowest BCUT2D eigenvalue weighted by Gasteiger charge is -2.18. The third-order valence-electron chi connectivity index (χ3n) is 4.88. The van der Waals surface area contributed by atoms with Crippen LogP contribution in [0.5, 0.6) is 0 Å². The molecule has 5 nitrogen and oxygen atoms in total. The highest BCUT2D eigenvalue weighted by atomic mass is 35.5. The molecular formula is C24H20ClN3O2. The summed E-state index contributed by atoms with van der Waals surface area (Å²) < 4.78 is 0. The molecule has 3 N–H and O–H groups in total. The predicted molar refractivity (Wildman–Crippen MR) is 118 cm³/mol. The van der Waals surface area contributed by atoms with E-state index in [-0.39, 0.29) is 18.1 Å². The van der Waals surface area contributed by atoms with Crippen molar-refractivity contribution in [2.24, 2.45) is 0 Å². The number of fused-ring (bicyclic) bond motifs is 1. The average Bonchev–Trinajstić information content (AvgIpc) is 3.20. The minimum absolute atomic E-state index is 0.134. The quantitative estimate of drug-likeness (QED) is 0.303. The third-order valence-corrected chi connectivity index (χ3v) is 5.14. The van der Waals surface area contributed by atoms with Crippen LogP contribution in [0.3, 0.4) is 0 Å². The van der Waals surface area contributed by atoms with Crippen molar-refractivity contribution in [1.82, 2.24) is 15.8 Å². The summed E-state index contributed by atoms with van der Waals surface area (Å²) in [4.78, 5) is 28.9. The van der Waals surface area contributed by atoms with Crippen LogP contribution >= 0.6 is 11.6 Å². The van der Waals surface area contributed by atoms with Gasteiger partial charge in [-0.1, -0.05) is 72.3 Å². The first-order valence-corrected chi connectivity index (χ1v) is 9.94. The van der Waals surface area contributed by atoms with Crippen molar-refractivity contribution in [2.45, 2.75) is 12.5 Å². The number of carbonyl (C=O) groups excluding carboxylic acids is 2. The lowest BCUT2D eigenvalue weighted by Crippen LogP contribution is -2.43. The second-order valence-electron chi connectivity index (χ2n) is 6.95. The Balaban J connectivity index is 1.54. The van der Waals surface area contributed by atoms with Gasteiger partial charge >= 0.3 is 0 Å². The number of para-hydroxylation sites is 1. The number of rotatable bonds is 7. The van der Waals surface area contributed by atoms with E-state index in [1.54, 1.807) is 30.5 Å². The number of hydrogen-bond acceptors (Lipinski definition) is 3. The fourth-order valence-electron chi connectivity index (χ4n) is 3.36. The summed E-state index contributed by atoms with van der Waals surface area (Å²) in [6, 6.07) is 23.3. The van der Waals surface area contributed by atoms with Gasteiger partial charge in [-0.05, 0) is 29.3 Å². The van der Waals surface area contributed by atoms with Gasteiger partial charge in [-0.25, -0.2) is 5.43 Å². The van der Waals surface area contributed by atoms with E-state index in [2.05, 4.69) is 15.8 Å². The number of ketones is 1. The molecule has 3 aromatic carbocycles. The lowest BCUT2D eigenvalue weighted by atomic mass is 9.97. The molecule has 0 saturated heterocycles. The molecule has 0 spiro atoms. The van der Waals surface area contributed by atoms with Crippen LogP contribution in [0.2, 0.25) is 5.02 Å². The van der Waals surface area contributed by atoms with Gasteiger partial charge in [-0.3, -0.25) is 15.0 Å². The van der Waals surface area contributed by atoms with Crippen LogP contribution in [-0.4, -0.2) is 16.7 Å². The Bertz CT molecular complexity index is 1170. The second-order valence-corrected chi connectivity index (χ2v) is 7.39. The minimum atomic E-state index is -0.723. The van der Waals surface area contributed by atoms with Crippen molar-refractivity contribution in [3.05, 3.63) is 107 Å². The Morgan fingerprint density at radius 3 is 2.37 bits per heavy atom. The smallest absolute Gasteiger partial charge is 0.238 e. The lowest BCUT2D eigenvalue weighted by molar-refractivity contribution is -0.121. The number of hydrogen-bond donors (Lipinski definition) is 3. The van der Waals surface area contributed by atoms with Crippen LogP contribution in [0.15, 0.2) is 85.1 Å². The van der Waals surface area contributed by atoms with E-state index in [0.717, 1.165) is 22.0 Å². The van der Waals surface area contributed by atoms with Crippen LogP contribution in [0.25, 0.3) is 10.9 Å². The molecule has 0 bridgehead atoms. The highest BCUT2D eigenvalue weighted by Crippen LogP contribution is 2.24. The molecule has 0 saturated carbocycles. The molecular weight excluding hydrogens is 398 g/mol. The van der Waals surface area contributed by atoms with Gasteiger partial charge < -0.3 is 4.98 Å². The molecule has 30 heavy (non-hydrogen) atoms. The SMILES string of the molecule is O=C(Cc1ccc(Cl)cc1)NNC(C(=O)c1c[nH]c2ccccc12)c1ccccc1.